The molecule has 0 aliphatic rings. The van der Waals surface area contributed by atoms with Gasteiger partial charge in [0.1, 0.15) is 17.2 Å². The molecule has 114 valence electrons. The third kappa shape index (κ3) is 4.63. The number of pyridine rings is 1. The fourth-order valence-corrected chi connectivity index (χ4v) is 1.93. The van der Waals surface area contributed by atoms with E-state index < -0.39 is 11.7 Å². The van der Waals surface area contributed by atoms with Crippen LogP contribution in [0.5, 0.6) is 0 Å². The van der Waals surface area contributed by atoms with Gasteiger partial charge in [0.2, 0.25) is 0 Å². The summed E-state index contributed by atoms with van der Waals surface area (Å²) in [5.74, 6) is 0. The molecule has 1 amide bonds. The highest BCUT2D eigenvalue weighted by molar-refractivity contribution is 5.67. The van der Waals surface area contributed by atoms with Gasteiger partial charge in [-0.05, 0) is 46.2 Å². The van der Waals surface area contributed by atoms with Crippen molar-refractivity contribution in [3.05, 3.63) is 33.2 Å². The van der Waals surface area contributed by atoms with Crippen molar-refractivity contribution in [2.75, 3.05) is 6.54 Å². The normalized spacial score (nSPS) is 10.9. The van der Waals surface area contributed by atoms with Crippen LogP contribution in [0.4, 0.5) is 4.79 Å². The highest BCUT2D eigenvalue weighted by Crippen LogP contribution is 2.07. The zero-order valence-corrected chi connectivity index (χ0v) is 13.1. The van der Waals surface area contributed by atoms with Gasteiger partial charge in [-0.2, -0.15) is 5.26 Å². The molecule has 0 bridgehead atoms. The molecule has 0 fully saturated rings. The lowest BCUT2D eigenvalue weighted by atomic mass is 10.1. The van der Waals surface area contributed by atoms with Crippen molar-refractivity contribution < 1.29 is 9.53 Å². The number of aromatic nitrogens is 1. The standard InChI is InChI=1S/C15H21N3O3/c1-10-8-11(2)18(13(19)12(10)9-16)7-6-17-14(20)21-15(3,4)5/h8H,6-7H2,1-5H3,(H,17,20). The number of aryl methyl sites for hydroxylation is 2. The van der Waals surface area contributed by atoms with Crippen LogP contribution in [-0.4, -0.2) is 22.8 Å². The minimum Gasteiger partial charge on any atom is -0.444 e. The van der Waals surface area contributed by atoms with E-state index in [0.29, 0.717) is 12.1 Å². The molecule has 6 heteroatoms. The molecule has 0 aliphatic heterocycles. The predicted octanol–water partition coefficient (Wildman–Crippen LogP) is 1.86. The fourth-order valence-electron chi connectivity index (χ4n) is 1.93. The lowest BCUT2D eigenvalue weighted by Gasteiger charge is -2.20. The van der Waals surface area contributed by atoms with E-state index in [1.165, 1.54) is 4.57 Å². The molecule has 0 aliphatic carbocycles. The minimum absolute atomic E-state index is 0.137. The van der Waals surface area contributed by atoms with E-state index in [-0.39, 0.29) is 17.7 Å². The summed E-state index contributed by atoms with van der Waals surface area (Å²) < 4.78 is 6.59. The van der Waals surface area contributed by atoms with E-state index >= 15 is 0 Å². The van der Waals surface area contributed by atoms with Gasteiger partial charge in [0, 0.05) is 18.8 Å². The van der Waals surface area contributed by atoms with Gasteiger partial charge in [-0.3, -0.25) is 4.79 Å². The molecule has 0 aromatic carbocycles. The van der Waals surface area contributed by atoms with Crippen molar-refractivity contribution in [3.63, 3.8) is 0 Å². The Morgan fingerprint density at radius 2 is 2.05 bits per heavy atom. The molecule has 0 unspecified atom stereocenters. The Morgan fingerprint density at radius 1 is 1.43 bits per heavy atom. The number of ether oxygens (including phenoxy) is 1. The summed E-state index contributed by atoms with van der Waals surface area (Å²) in [6.45, 7) is 9.41. The molecular formula is C15H21N3O3. The molecule has 1 heterocycles. The van der Waals surface area contributed by atoms with Crippen molar-refractivity contribution in [1.82, 2.24) is 9.88 Å². The van der Waals surface area contributed by atoms with Crippen LogP contribution in [0.1, 0.15) is 37.6 Å². The summed E-state index contributed by atoms with van der Waals surface area (Å²) in [7, 11) is 0. The van der Waals surface area contributed by atoms with E-state index in [1.54, 1.807) is 40.7 Å². The van der Waals surface area contributed by atoms with Crippen LogP contribution in [-0.2, 0) is 11.3 Å². The van der Waals surface area contributed by atoms with E-state index in [9.17, 15) is 9.59 Å². The fraction of sp³-hybridized carbons (Fsp3) is 0.533. The van der Waals surface area contributed by atoms with Gasteiger partial charge < -0.3 is 14.6 Å². The van der Waals surface area contributed by atoms with Crippen LogP contribution < -0.4 is 10.9 Å². The van der Waals surface area contributed by atoms with E-state index in [0.717, 1.165) is 5.69 Å². The molecule has 0 saturated heterocycles. The summed E-state index contributed by atoms with van der Waals surface area (Å²) in [6, 6.07) is 3.70. The van der Waals surface area contributed by atoms with Crippen LogP contribution >= 0.6 is 0 Å². The summed E-state index contributed by atoms with van der Waals surface area (Å²) in [5, 5.41) is 11.6. The van der Waals surface area contributed by atoms with E-state index in [4.69, 9.17) is 10.00 Å². The third-order valence-corrected chi connectivity index (χ3v) is 2.82. The zero-order chi connectivity index (χ0) is 16.2. The first-order valence-corrected chi connectivity index (χ1v) is 6.73. The quantitative estimate of drug-likeness (QED) is 0.921. The first-order valence-electron chi connectivity index (χ1n) is 6.73. The number of hydrogen-bond acceptors (Lipinski definition) is 4. The predicted molar refractivity (Wildman–Crippen MR) is 79.1 cm³/mol. The average molecular weight is 291 g/mol. The topological polar surface area (TPSA) is 84.1 Å². The van der Waals surface area contributed by atoms with Gasteiger partial charge in [0.25, 0.3) is 5.56 Å². The lowest BCUT2D eigenvalue weighted by molar-refractivity contribution is 0.0526. The summed E-state index contributed by atoms with van der Waals surface area (Å²) in [4.78, 5) is 23.7. The molecule has 1 aromatic rings. The van der Waals surface area contributed by atoms with Gasteiger partial charge in [0.15, 0.2) is 0 Å². The Kier molecular flexibility index (Phi) is 5.14. The number of nitrogens with zero attached hydrogens (tertiary/aromatic N) is 2. The third-order valence-electron chi connectivity index (χ3n) is 2.82. The second-order valence-corrected chi connectivity index (χ2v) is 5.84. The number of carbonyl (C=O) groups is 1. The summed E-state index contributed by atoms with van der Waals surface area (Å²) in [6.07, 6.45) is -0.527. The smallest absolute Gasteiger partial charge is 0.407 e. The first kappa shape index (κ1) is 16.8. The van der Waals surface area contributed by atoms with Crippen molar-refractivity contribution in [2.24, 2.45) is 0 Å². The molecule has 1 rings (SSSR count). The number of nitriles is 1. The van der Waals surface area contributed by atoms with Crippen molar-refractivity contribution in [3.8, 4) is 6.07 Å². The largest absolute Gasteiger partial charge is 0.444 e. The minimum atomic E-state index is -0.561. The number of hydrogen-bond donors (Lipinski definition) is 1. The van der Waals surface area contributed by atoms with Gasteiger partial charge in [-0.15, -0.1) is 0 Å². The van der Waals surface area contributed by atoms with Crippen LogP contribution in [0.25, 0.3) is 0 Å². The summed E-state index contributed by atoms with van der Waals surface area (Å²) >= 11 is 0. The van der Waals surface area contributed by atoms with Crippen LogP contribution in [0.2, 0.25) is 0 Å². The SMILES string of the molecule is Cc1cc(C)n(CCNC(=O)OC(C)(C)C)c(=O)c1C#N. The Bertz CT molecular complexity index is 633. The Labute approximate surface area is 124 Å². The second kappa shape index (κ2) is 6.44. The molecule has 1 N–H and O–H groups in total. The number of amides is 1. The molecule has 0 saturated carbocycles. The molecule has 6 nitrogen and oxygen atoms in total. The van der Waals surface area contributed by atoms with Gasteiger partial charge in [0.05, 0.1) is 0 Å². The van der Waals surface area contributed by atoms with Gasteiger partial charge in [-0.25, -0.2) is 4.79 Å². The Morgan fingerprint density at radius 3 is 2.57 bits per heavy atom. The molecule has 21 heavy (non-hydrogen) atoms. The number of nitrogens with one attached hydrogen (secondary N) is 1. The number of rotatable bonds is 3. The van der Waals surface area contributed by atoms with Gasteiger partial charge in [-0.1, -0.05) is 0 Å². The zero-order valence-electron chi connectivity index (χ0n) is 13.1. The van der Waals surface area contributed by atoms with E-state index in [1.807, 2.05) is 6.07 Å². The maximum Gasteiger partial charge on any atom is 0.407 e. The van der Waals surface area contributed by atoms with Crippen LogP contribution in [0.15, 0.2) is 10.9 Å². The lowest BCUT2D eigenvalue weighted by Crippen LogP contribution is -2.36. The average Bonchev–Trinajstić information content (AvgIpc) is 2.31. The van der Waals surface area contributed by atoms with Crippen molar-refractivity contribution in [2.45, 2.75) is 46.8 Å². The Balaban J connectivity index is 2.76. The van der Waals surface area contributed by atoms with Crippen LogP contribution in [0.3, 0.4) is 0 Å². The van der Waals surface area contributed by atoms with Crippen molar-refractivity contribution >= 4 is 6.09 Å². The Hall–Kier alpha value is -2.29. The second-order valence-electron chi connectivity index (χ2n) is 5.84. The number of carbonyl (C=O) groups excluding carboxylic acids is 1. The molecular weight excluding hydrogens is 270 g/mol. The maximum absolute atomic E-state index is 12.1. The summed E-state index contributed by atoms with van der Waals surface area (Å²) in [5.41, 5.74) is 0.659. The monoisotopic (exact) mass is 291 g/mol. The van der Waals surface area contributed by atoms with Gasteiger partial charge >= 0.3 is 6.09 Å². The molecule has 0 atom stereocenters. The first-order chi connectivity index (χ1) is 9.65. The van der Waals surface area contributed by atoms with E-state index in [2.05, 4.69) is 5.32 Å². The van der Waals surface area contributed by atoms with Crippen molar-refractivity contribution in [1.29, 1.82) is 5.26 Å². The number of alkyl carbamates (subject to hydrolysis) is 1. The van der Waals surface area contributed by atoms with Crippen LogP contribution in [0, 0.1) is 25.2 Å². The highest BCUT2D eigenvalue weighted by atomic mass is 16.6. The highest BCUT2D eigenvalue weighted by Gasteiger charge is 2.16. The molecule has 0 radical (unpaired) electrons. The molecule has 0 spiro atoms. The maximum atomic E-state index is 12.1. The molecule has 1 aromatic heterocycles.